The third kappa shape index (κ3) is 4.13. The van der Waals surface area contributed by atoms with Crippen molar-refractivity contribution in [2.75, 3.05) is 0 Å². The van der Waals surface area contributed by atoms with Gasteiger partial charge in [-0.15, -0.1) is 0 Å². The second kappa shape index (κ2) is 7.32. The highest BCUT2D eigenvalue weighted by atomic mass is 16.5. The van der Waals surface area contributed by atoms with E-state index in [9.17, 15) is 4.79 Å². The first kappa shape index (κ1) is 15.6. The van der Waals surface area contributed by atoms with E-state index in [1.165, 1.54) is 18.4 Å². The van der Waals surface area contributed by atoms with Crippen LogP contribution in [-0.2, 0) is 4.79 Å². The third-order valence-electron chi connectivity index (χ3n) is 4.35. The molecule has 0 saturated heterocycles. The van der Waals surface area contributed by atoms with Crippen molar-refractivity contribution < 1.29 is 9.53 Å². The second-order valence-corrected chi connectivity index (χ2v) is 6.14. The van der Waals surface area contributed by atoms with Crippen LogP contribution in [0.4, 0.5) is 0 Å². The molecule has 1 saturated carbocycles. The van der Waals surface area contributed by atoms with Crippen molar-refractivity contribution in [3.63, 3.8) is 0 Å². The normalized spacial score (nSPS) is 16.0. The maximum atomic E-state index is 12.2. The van der Waals surface area contributed by atoms with Gasteiger partial charge in [-0.2, -0.15) is 0 Å². The quantitative estimate of drug-likeness (QED) is 0.900. The van der Waals surface area contributed by atoms with E-state index in [-0.39, 0.29) is 5.91 Å². The predicted molar refractivity (Wildman–Crippen MR) is 92.4 cm³/mol. The zero-order valence-electron chi connectivity index (χ0n) is 13.5. The summed E-state index contributed by atoms with van der Waals surface area (Å²) in [7, 11) is 0. The largest absolute Gasteiger partial charge is 0.481 e. The first-order chi connectivity index (χ1) is 11.2. The van der Waals surface area contributed by atoms with Gasteiger partial charge in [0.1, 0.15) is 5.75 Å². The molecule has 3 heteroatoms. The summed E-state index contributed by atoms with van der Waals surface area (Å²) in [6.07, 6.45) is 4.12. The van der Waals surface area contributed by atoms with E-state index in [1.807, 2.05) is 42.5 Å². The molecule has 2 aromatic rings. The molecule has 0 spiro atoms. The summed E-state index contributed by atoms with van der Waals surface area (Å²) in [5, 5.41) is 3.07. The van der Waals surface area contributed by atoms with Gasteiger partial charge in [0.25, 0.3) is 5.91 Å². The molecule has 1 amide bonds. The number of carbonyl (C=O) groups is 1. The average molecular weight is 309 g/mol. The lowest BCUT2D eigenvalue weighted by Crippen LogP contribution is -2.41. The van der Waals surface area contributed by atoms with Crippen LogP contribution in [0.3, 0.4) is 0 Å². The maximum Gasteiger partial charge on any atom is 0.260 e. The fourth-order valence-corrected chi connectivity index (χ4v) is 3.00. The minimum atomic E-state index is -0.474. The van der Waals surface area contributed by atoms with Crippen molar-refractivity contribution in [2.45, 2.75) is 44.8 Å². The summed E-state index contributed by atoms with van der Waals surface area (Å²) in [4.78, 5) is 12.2. The molecule has 0 aliphatic heterocycles. The first-order valence-corrected chi connectivity index (χ1v) is 8.35. The van der Waals surface area contributed by atoms with Gasteiger partial charge < -0.3 is 10.1 Å². The fourth-order valence-electron chi connectivity index (χ4n) is 3.00. The van der Waals surface area contributed by atoms with Gasteiger partial charge in [0.15, 0.2) is 6.10 Å². The first-order valence-electron chi connectivity index (χ1n) is 8.35. The number of hydrogen-bond donors (Lipinski definition) is 1. The highest BCUT2D eigenvalue weighted by molar-refractivity contribution is 5.81. The Hall–Kier alpha value is -2.29. The Morgan fingerprint density at radius 1 is 1.00 bits per heavy atom. The summed E-state index contributed by atoms with van der Waals surface area (Å²) >= 11 is 0. The molecule has 0 heterocycles. The summed E-state index contributed by atoms with van der Waals surface area (Å²) in [5.41, 5.74) is 2.31. The van der Waals surface area contributed by atoms with Gasteiger partial charge in [0, 0.05) is 6.04 Å². The van der Waals surface area contributed by atoms with Crippen LogP contribution in [0.5, 0.6) is 5.75 Å². The van der Waals surface area contributed by atoms with Crippen LogP contribution in [0.15, 0.2) is 54.6 Å². The molecular formula is C20H23NO2. The minimum absolute atomic E-state index is 0.0240. The molecule has 0 radical (unpaired) electrons. The molecule has 0 bridgehead atoms. The second-order valence-electron chi connectivity index (χ2n) is 6.14. The zero-order valence-corrected chi connectivity index (χ0v) is 13.5. The minimum Gasteiger partial charge on any atom is -0.481 e. The monoisotopic (exact) mass is 309 g/mol. The van der Waals surface area contributed by atoms with E-state index in [4.69, 9.17) is 4.74 Å². The Morgan fingerprint density at radius 3 is 2.26 bits per heavy atom. The Balaban J connectivity index is 1.58. The van der Waals surface area contributed by atoms with Crippen molar-refractivity contribution >= 4 is 5.91 Å². The van der Waals surface area contributed by atoms with Crippen LogP contribution in [0, 0.1) is 0 Å². The van der Waals surface area contributed by atoms with Crippen LogP contribution >= 0.6 is 0 Å². The highest BCUT2D eigenvalue weighted by Gasteiger charge is 2.21. The van der Waals surface area contributed by atoms with Crippen molar-refractivity contribution in [3.05, 3.63) is 54.6 Å². The number of hydrogen-bond acceptors (Lipinski definition) is 2. The molecule has 1 aliphatic rings. The topological polar surface area (TPSA) is 38.3 Å². The van der Waals surface area contributed by atoms with E-state index in [2.05, 4.69) is 17.4 Å². The molecule has 0 aromatic heterocycles. The number of amides is 1. The lowest BCUT2D eigenvalue weighted by molar-refractivity contribution is -0.127. The molecule has 120 valence electrons. The molecule has 3 nitrogen and oxygen atoms in total. The van der Waals surface area contributed by atoms with Crippen molar-refractivity contribution in [2.24, 2.45) is 0 Å². The molecule has 1 atom stereocenters. The van der Waals surface area contributed by atoms with Gasteiger partial charge in [-0.25, -0.2) is 0 Å². The van der Waals surface area contributed by atoms with Crippen molar-refractivity contribution in [1.29, 1.82) is 0 Å². The highest BCUT2D eigenvalue weighted by Crippen LogP contribution is 2.23. The molecule has 2 aromatic carbocycles. The summed E-state index contributed by atoms with van der Waals surface area (Å²) in [5.74, 6) is 0.697. The maximum absolute atomic E-state index is 12.2. The van der Waals surface area contributed by atoms with Crippen LogP contribution in [0.25, 0.3) is 11.1 Å². The SMILES string of the molecule is C[C@H](Oc1ccc(-c2ccccc2)cc1)C(=O)NC1CCCC1. The van der Waals surface area contributed by atoms with Gasteiger partial charge in [-0.3, -0.25) is 4.79 Å². The van der Waals surface area contributed by atoms with Gasteiger partial charge in [0.05, 0.1) is 0 Å². The van der Waals surface area contributed by atoms with Crippen LogP contribution in [0.1, 0.15) is 32.6 Å². The van der Waals surface area contributed by atoms with Gasteiger partial charge in [0.2, 0.25) is 0 Å². The van der Waals surface area contributed by atoms with Gasteiger partial charge in [-0.05, 0) is 43.0 Å². The Labute approximate surface area is 137 Å². The number of benzene rings is 2. The van der Waals surface area contributed by atoms with E-state index >= 15 is 0 Å². The number of nitrogens with one attached hydrogen (secondary N) is 1. The molecule has 1 N–H and O–H groups in total. The number of ether oxygens (including phenoxy) is 1. The third-order valence-corrected chi connectivity index (χ3v) is 4.35. The van der Waals surface area contributed by atoms with Crippen LogP contribution in [0.2, 0.25) is 0 Å². The summed E-state index contributed by atoms with van der Waals surface area (Å²) in [6.45, 7) is 1.80. The Morgan fingerprint density at radius 2 is 1.61 bits per heavy atom. The smallest absolute Gasteiger partial charge is 0.260 e. The van der Waals surface area contributed by atoms with E-state index < -0.39 is 6.10 Å². The van der Waals surface area contributed by atoms with Gasteiger partial charge >= 0.3 is 0 Å². The number of carbonyl (C=O) groups excluding carboxylic acids is 1. The molecular weight excluding hydrogens is 286 g/mol. The molecule has 1 aliphatic carbocycles. The molecule has 0 unspecified atom stereocenters. The van der Waals surface area contributed by atoms with Crippen molar-refractivity contribution in [1.82, 2.24) is 5.32 Å². The lowest BCUT2D eigenvalue weighted by atomic mass is 10.1. The molecule has 23 heavy (non-hydrogen) atoms. The van der Waals surface area contributed by atoms with E-state index in [1.54, 1.807) is 6.92 Å². The van der Waals surface area contributed by atoms with Crippen molar-refractivity contribution in [3.8, 4) is 16.9 Å². The Kier molecular flexibility index (Phi) is 4.96. The van der Waals surface area contributed by atoms with E-state index in [0.29, 0.717) is 6.04 Å². The van der Waals surface area contributed by atoms with E-state index in [0.717, 1.165) is 24.2 Å². The zero-order chi connectivity index (χ0) is 16.1. The fraction of sp³-hybridized carbons (Fsp3) is 0.350. The average Bonchev–Trinajstić information content (AvgIpc) is 3.09. The Bertz CT molecular complexity index is 630. The molecule has 3 rings (SSSR count). The van der Waals surface area contributed by atoms with Crippen LogP contribution in [-0.4, -0.2) is 18.1 Å². The lowest BCUT2D eigenvalue weighted by Gasteiger charge is -2.18. The van der Waals surface area contributed by atoms with Crippen LogP contribution < -0.4 is 10.1 Å². The number of rotatable bonds is 5. The summed E-state index contributed by atoms with van der Waals surface area (Å²) in [6, 6.07) is 18.4. The van der Waals surface area contributed by atoms with Gasteiger partial charge in [-0.1, -0.05) is 55.3 Å². The standard InChI is InChI=1S/C20H23NO2/c1-15(20(22)21-18-9-5-6-10-18)23-19-13-11-17(12-14-19)16-7-3-2-4-8-16/h2-4,7-8,11-15,18H,5-6,9-10H2,1H3,(H,21,22)/t15-/m0/s1. The summed E-state index contributed by atoms with van der Waals surface area (Å²) < 4.78 is 5.77. The molecule has 1 fully saturated rings. The predicted octanol–water partition coefficient (Wildman–Crippen LogP) is 4.18.